The summed E-state index contributed by atoms with van der Waals surface area (Å²) >= 11 is 5.98. The Morgan fingerprint density at radius 2 is 1.74 bits per heavy atom. The van der Waals surface area contributed by atoms with E-state index in [-0.39, 0.29) is 41.8 Å². The molecule has 3 rings (SSSR count). The molecule has 0 fully saturated rings. The van der Waals surface area contributed by atoms with Crippen LogP contribution < -0.4 is 5.32 Å². The molecule has 1 N–H and O–H groups in total. The molecule has 0 aliphatic carbocycles. The number of carbonyl (C=O) groups is 3. The highest BCUT2D eigenvalue weighted by atomic mass is 35.5. The van der Waals surface area contributed by atoms with E-state index in [0.717, 1.165) is 9.87 Å². The van der Waals surface area contributed by atoms with E-state index in [0.29, 0.717) is 18.0 Å². The van der Waals surface area contributed by atoms with Crippen molar-refractivity contribution >= 4 is 39.3 Å². The Kier molecular flexibility index (Phi) is 8.56. The summed E-state index contributed by atoms with van der Waals surface area (Å²) in [6.07, 6.45) is 0.121. The van der Waals surface area contributed by atoms with Crippen LogP contribution in [0.3, 0.4) is 0 Å². The van der Waals surface area contributed by atoms with E-state index >= 15 is 0 Å². The summed E-state index contributed by atoms with van der Waals surface area (Å²) < 4.78 is 26.4. The van der Waals surface area contributed by atoms with Crippen molar-refractivity contribution in [2.24, 2.45) is 5.92 Å². The molecule has 0 unspecified atom stereocenters. The first kappa shape index (κ1) is 26.7. The van der Waals surface area contributed by atoms with Crippen molar-refractivity contribution in [3.8, 4) is 0 Å². The second-order valence-electron chi connectivity index (χ2n) is 8.84. The number of nitrogens with zero attached hydrogens (tertiary/aromatic N) is 2. The van der Waals surface area contributed by atoms with Gasteiger partial charge in [0.05, 0.1) is 5.56 Å². The zero-order chi connectivity index (χ0) is 25.8. The normalized spacial score (nSPS) is 15.1. The second-order valence-corrected chi connectivity index (χ2v) is 11.1. The number of benzene rings is 2. The molecular weight excluding hydrogens is 490 g/mol. The lowest BCUT2D eigenvalue weighted by Gasteiger charge is -2.31. The average Bonchev–Trinajstić information content (AvgIpc) is 3.02. The predicted octanol–water partition coefficient (Wildman–Crippen LogP) is 3.45. The highest BCUT2D eigenvalue weighted by Crippen LogP contribution is 2.30. The van der Waals surface area contributed by atoms with E-state index in [1.54, 1.807) is 36.4 Å². The average molecular weight is 520 g/mol. The van der Waals surface area contributed by atoms with Crippen LogP contribution in [0.25, 0.3) is 0 Å². The Morgan fingerprint density at radius 1 is 1.09 bits per heavy atom. The van der Waals surface area contributed by atoms with Crippen LogP contribution in [0.15, 0.2) is 53.4 Å². The van der Waals surface area contributed by atoms with Gasteiger partial charge in [0.2, 0.25) is 11.8 Å². The minimum Gasteiger partial charge on any atom is -0.354 e. The van der Waals surface area contributed by atoms with Crippen molar-refractivity contribution in [3.63, 3.8) is 0 Å². The molecule has 2 aromatic carbocycles. The Morgan fingerprint density at radius 3 is 2.34 bits per heavy atom. The largest absolute Gasteiger partial charge is 0.354 e. The number of hydrogen-bond donors (Lipinski definition) is 1. The number of fused-ring (bicyclic) bond motifs is 1. The number of nitrogens with one attached hydrogen (secondary N) is 1. The first-order valence-corrected chi connectivity index (χ1v) is 13.4. The standard InChI is InChI=1S/C25H30ClN3O5S/c1-4-21(24(31)27-15-17(2)3)28(16-18-9-11-19(26)12-10-18)23(30)13-14-29-25(32)20-7-5-6-8-22(20)35(29,33)34/h5-12,17,21H,4,13-16H2,1-3H3,(H,27,31)/t21-/m0/s1. The molecule has 0 bridgehead atoms. The van der Waals surface area contributed by atoms with Gasteiger partial charge in [0.1, 0.15) is 10.9 Å². The number of amides is 3. The molecule has 35 heavy (non-hydrogen) atoms. The van der Waals surface area contributed by atoms with Crippen LogP contribution in [0, 0.1) is 5.92 Å². The van der Waals surface area contributed by atoms with Gasteiger partial charge in [0.15, 0.2) is 0 Å². The molecule has 188 valence electrons. The molecule has 3 amide bonds. The van der Waals surface area contributed by atoms with Gasteiger partial charge in [-0.3, -0.25) is 14.4 Å². The van der Waals surface area contributed by atoms with Gasteiger partial charge in [-0.2, -0.15) is 0 Å². The third-order valence-corrected chi connectivity index (χ3v) is 7.87. The maximum absolute atomic E-state index is 13.4. The highest BCUT2D eigenvalue weighted by Gasteiger charge is 2.41. The maximum atomic E-state index is 13.4. The van der Waals surface area contributed by atoms with Crippen molar-refractivity contribution < 1.29 is 22.8 Å². The molecule has 0 saturated carbocycles. The van der Waals surface area contributed by atoms with Crippen molar-refractivity contribution in [1.82, 2.24) is 14.5 Å². The molecule has 0 aromatic heterocycles. The number of sulfonamides is 1. The summed E-state index contributed by atoms with van der Waals surface area (Å²) in [7, 11) is -4.02. The summed E-state index contributed by atoms with van der Waals surface area (Å²) in [6, 6.07) is 12.2. The molecular formula is C25H30ClN3O5S. The summed E-state index contributed by atoms with van der Waals surface area (Å²) in [4.78, 5) is 40.4. The first-order chi connectivity index (χ1) is 16.6. The Hall–Kier alpha value is -2.91. The van der Waals surface area contributed by atoms with Gasteiger partial charge in [-0.05, 0) is 42.2 Å². The molecule has 0 spiro atoms. The number of carbonyl (C=O) groups excluding carboxylic acids is 3. The zero-order valence-electron chi connectivity index (χ0n) is 20.0. The fourth-order valence-electron chi connectivity index (χ4n) is 3.92. The summed E-state index contributed by atoms with van der Waals surface area (Å²) in [5, 5.41) is 3.43. The van der Waals surface area contributed by atoms with Crippen LogP contribution in [0.1, 0.15) is 49.5 Å². The molecule has 1 heterocycles. The quantitative estimate of drug-likeness (QED) is 0.517. The van der Waals surface area contributed by atoms with E-state index in [1.165, 1.54) is 17.0 Å². The minimum atomic E-state index is -4.02. The molecule has 1 aliphatic rings. The van der Waals surface area contributed by atoms with Gasteiger partial charge in [-0.25, -0.2) is 12.7 Å². The molecule has 10 heteroatoms. The van der Waals surface area contributed by atoms with Gasteiger partial charge >= 0.3 is 0 Å². The maximum Gasteiger partial charge on any atom is 0.269 e. The lowest BCUT2D eigenvalue weighted by atomic mass is 10.1. The fourth-order valence-corrected chi connectivity index (χ4v) is 5.62. The number of halogens is 1. The monoisotopic (exact) mass is 519 g/mol. The smallest absolute Gasteiger partial charge is 0.269 e. The van der Waals surface area contributed by atoms with Crippen LogP contribution in [-0.4, -0.2) is 54.5 Å². The summed E-state index contributed by atoms with van der Waals surface area (Å²) in [6.45, 7) is 6.07. The van der Waals surface area contributed by atoms with Crippen molar-refractivity contribution in [2.45, 2.75) is 51.1 Å². The molecule has 1 aliphatic heterocycles. The van der Waals surface area contributed by atoms with Gasteiger partial charge in [0.25, 0.3) is 15.9 Å². The Balaban J connectivity index is 1.81. The molecule has 1 atom stereocenters. The molecule has 8 nitrogen and oxygen atoms in total. The van der Waals surface area contributed by atoms with Crippen molar-refractivity contribution in [1.29, 1.82) is 0 Å². The van der Waals surface area contributed by atoms with E-state index in [1.807, 2.05) is 20.8 Å². The number of hydrogen-bond acceptors (Lipinski definition) is 5. The van der Waals surface area contributed by atoms with E-state index in [4.69, 9.17) is 11.6 Å². The number of rotatable bonds is 10. The third-order valence-electron chi connectivity index (χ3n) is 5.78. The van der Waals surface area contributed by atoms with E-state index < -0.39 is 27.9 Å². The SMILES string of the molecule is CC[C@@H](C(=O)NCC(C)C)N(Cc1ccc(Cl)cc1)C(=O)CCN1C(=O)c2ccccc2S1(=O)=O. The van der Waals surface area contributed by atoms with E-state index in [2.05, 4.69) is 5.32 Å². The zero-order valence-corrected chi connectivity index (χ0v) is 21.6. The molecule has 0 saturated heterocycles. The van der Waals surface area contributed by atoms with Gasteiger partial charge in [-0.1, -0.05) is 56.6 Å². The van der Waals surface area contributed by atoms with E-state index in [9.17, 15) is 22.8 Å². The van der Waals surface area contributed by atoms with Crippen LogP contribution in [0.2, 0.25) is 5.02 Å². The predicted molar refractivity (Wildman–Crippen MR) is 133 cm³/mol. The lowest BCUT2D eigenvalue weighted by Crippen LogP contribution is -2.50. The summed E-state index contributed by atoms with van der Waals surface area (Å²) in [5.74, 6) is -1.12. The van der Waals surface area contributed by atoms with Crippen LogP contribution >= 0.6 is 11.6 Å². The molecule has 2 aromatic rings. The lowest BCUT2D eigenvalue weighted by molar-refractivity contribution is -0.141. The second kappa shape index (κ2) is 11.2. The molecule has 0 radical (unpaired) electrons. The Bertz CT molecular complexity index is 1200. The van der Waals surface area contributed by atoms with Crippen LogP contribution in [0.5, 0.6) is 0 Å². The van der Waals surface area contributed by atoms with Crippen molar-refractivity contribution in [2.75, 3.05) is 13.1 Å². The van der Waals surface area contributed by atoms with Gasteiger partial charge < -0.3 is 10.2 Å². The van der Waals surface area contributed by atoms with Gasteiger partial charge in [0, 0.05) is 31.1 Å². The topological polar surface area (TPSA) is 104 Å². The van der Waals surface area contributed by atoms with Crippen LogP contribution in [0.4, 0.5) is 0 Å². The van der Waals surface area contributed by atoms with Gasteiger partial charge in [-0.15, -0.1) is 0 Å². The highest BCUT2D eigenvalue weighted by molar-refractivity contribution is 7.90. The third kappa shape index (κ3) is 6.02. The Labute approximate surface area is 211 Å². The minimum absolute atomic E-state index is 0.0602. The fraction of sp³-hybridized carbons (Fsp3) is 0.400. The first-order valence-electron chi connectivity index (χ1n) is 11.5. The summed E-state index contributed by atoms with van der Waals surface area (Å²) in [5.41, 5.74) is 0.868. The van der Waals surface area contributed by atoms with Crippen molar-refractivity contribution in [3.05, 3.63) is 64.7 Å². The van der Waals surface area contributed by atoms with Crippen LogP contribution in [-0.2, 0) is 26.2 Å².